The van der Waals surface area contributed by atoms with Crippen molar-refractivity contribution in [2.45, 2.75) is 56.1 Å². The van der Waals surface area contributed by atoms with Gasteiger partial charge in [-0.1, -0.05) is 26.3 Å². The van der Waals surface area contributed by atoms with Gasteiger partial charge in [0.25, 0.3) is 5.56 Å². The van der Waals surface area contributed by atoms with E-state index in [0.717, 1.165) is 13.0 Å². The summed E-state index contributed by atoms with van der Waals surface area (Å²) in [7, 11) is -1.18. The monoisotopic (exact) mass is 479 g/mol. The molecule has 182 valence electrons. The first-order valence-corrected chi connectivity index (χ1v) is 12.9. The maximum Gasteiger partial charge on any atom is 0.295 e. The Balaban J connectivity index is 2.25. The number of hydrogen-bond donors (Lipinski definition) is 1. The molecule has 9 nitrogen and oxygen atoms in total. The minimum absolute atomic E-state index is 0.252. The summed E-state index contributed by atoms with van der Waals surface area (Å²) in [5.74, 6) is 0.309. The van der Waals surface area contributed by atoms with Gasteiger partial charge in [-0.3, -0.25) is 9.36 Å². The molecule has 10 heteroatoms. The Bertz CT molecular complexity index is 1120. The van der Waals surface area contributed by atoms with Crippen LogP contribution in [0.3, 0.4) is 0 Å². The number of rotatable bonds is 9. The summed E-state index contributed by atoms with van der Waals surface area (Å²) in [6.07, 6.45) is 2.69. The third-order valence-corrected chi connectivity index (χ3v) is 8.46. The van der Waals surface area contributed by atoms with Crippen LogP contribution >= 0.6 is 0 Å². The van der Waals surface area contributed by atoms with E-state index in [1.807, 2.05) is 13.8 Å². The van der Waals surface area contributed by atoms with Crippen molar-refractivity contribution in [1.29, 1.82) is 0 Å². The van der Waals surface area contributed by atoms with Crippen LogP contribution in [0.15, 0.2) is 27.9 Å². The summed E-state index contributed by atoms with van der Waals surface area (Å²) < 4.78 is 39.3. The number of piperidine rings is 1. The fourth-order valence-electron chi connectivity index (χ4n) is 4.28. The maximum atomic E-state index is 13.5. The van der Waals surface area contributed by atoms with Crippen LogP contribution in [0.25, 0.3) is 5.69 Å². The minimum atomic E-state index is -4.12. The molecule has 1 N–H and O–H groups in total. The fraction of sp³-hybridized carbons (Fsp3) is 0.565. The highest BCUT2D eigenvalue weighted by Gasteiger charge is 2.37. The van der Waals surface area contributed by atoms with Crippen LogP contribution in [0, 0.1) is 0 Å². The van der Waals surface area contributed by atoms with Gasteiger partial charge < -0.3 is 19.5 Å². The Morgan fingerprint density at radius 3 is 2.24 bits per heavy atom. The van der Waals surface area contributed by atoms with Crippen molar-refractivity contribution in [3.05, 3.63) is 34.4 Å². The number of likely N-dealkylation sites (tertiary alicyclic amines) is 1. The van der Waals surface area contributed by atoms with Gasteiger partial charge in [0.15, 0.2) is 14.7 Å². The molecule has 1 aromatic carbocycles. The number of aromatic nitrogens is 2. The molecule has 1 aromatic heterocycles. The topological polar surface area (TPSA) is 111 Å². The van der Waals surface area contributed by atoms with Crippen LogP contribution in [0.2, 0.25) is 0 Å². The fourth-order valence-corrected chi connectivity index (χ4v) is 6.08. The lowest BCUT2D eigenvalue weighted by molar-refractivity contribution is 0.241. The maximum absolute atomic E-state index is 13.5. The number of benzene rings is 1. The van der Waals surface area contributed by atoms with E-state index < -0.39 is 31.4 Å². The smallest absolute Gasteiger partial charge is 0.295 e. The average molecular weight is 480 g/mol. The van der Waals surface area contributed by atoms with Crippen molar-refractivity contribution in [3.63, 3.8) is 0 Å². The second-order valence-corrected chi connectivity index (χ2v) is 10.3. The van der Waals surface area contributed by atoms with Crippen molar-refractivity contribution in [3.8, 4) is 23.1 Å². The molecule has 1 saturated heterocycles. The zero-order chi connectivity index (χ0) is 24.2. The molecule has 1 aliphatic heterocycles. The van der Waals surface area contributed by atoms with Crippen molar-refractivity contribution >= 4 is 9.84 Å². The zero-order valence-corrected chi connectivity index (χ0v) is 20.5. The first-order chi connectivity index (χ1) is 15.8. The first kappa shape index (κ1) is 25.0. The summed E-state index contributed by atoms with van der Waals surface area (Å²) in [5, 5.41) is 10.6. The number of unbranched alkanes of at least 4 members (excludes halogenated alkanes) is 1. The number of methoxy groups -OCH3 is 2. The van der Waals surface area contributed by atoms with E-state index in [0.29, 0.717) is 56.0 Å². The number of para-hydroxylation sites is 1. The second-order valence-electron chi connectivity index (χ2n) is 8.11. The van der Waals surface area contributed by atoms with Crippen molar-refractivity contribution in [1.82, 2.24) is 14.5 Å². The molecule has 0 radical (unpaired) electrons. The van der Waals surface area contributed by atoms with Gasteiger partial charge in [-0.15, -0.1) is 0 Å². The van der Waals surface area contributed by atoms with E-state index >= 15 is 0 Å². The lowest BCUT2D eigenvalue weighted by Gasteiger charge is -2.30. The number of nitrogens with zero attached hydrogens (tertiary/aromatic N) is 3. The Morgan fingerprint density at radius 2 is 1.73 bits per heavy atom. The van der Waals surface area contributed by atoms with Gasteiger partial charge >= 0.3 is 0 Å². The van der Waals surface area contributed by atoms with Gasteiger partial charge in [-0.05, 0) is 51.0 Å². The highest BCUT2D eigenvalue weighted by Crippen LogP contribution is 2.38. The molecule has 0 spiro atoms. The molecule has 2 heterocycles. The molecule has 0 atom stereocenters. The molecule has 33 heavy (non-hydrogen) atoms. The lowest BCUT2D eigenvalue weighted by Crippen LogP contribution is -2.40. The molecule has 3 rings (SSSR count). The quantitative estimate of drug-likeness (QED) is 0.584. The Labute approximate surface area is 194 Å². The highest BCUT2D eigenvalue weighted by atomic mass is 32.2. The zero-order valence-electron chi connectivity index (χ0n) is 19.7. The molecule has 1 aliphatic rings. The third-order valence-electron chi connectivity index (χ3n) is 6.18. The van der Waals surface area contributed by atoms with Crippen molar-refractivity contribution in [2.24, 2.45) is 0 Å². The van der Waals surface area contributed by atoms with E-state index in [-0.39, 0.29) is 5.82 Å². The molecule has 1 fully saturated rings. The third kappa shape index (κ3) is 4.86. The van der Waals surface area contributed by atoms with Crippen molar-refractivity contribution in [2.75, 3.05) is 33.9 Å². The predicted molar refractivity (Wildman–Crippen MR) is 126 cm³/mol. The van der Waals surface area contributed by atoms with E-state index in [1.165, 1.54) is 18.8 Å². The van der Waals surface area contributed by atoms with Gasteiger partial charge in [0.1, 0.15) is 23.0 Å². The molecule has 2 aromatic rings. The van der Waals surface area contributed by atoms with Crippen LogP contribution in [-0.4, -0.2) is 67.1 Å². The molecule has 0 bridgehead atoms. The molecule has 0 saturated carbocycles. The molecular weight excluding hydrogens is 446 g/mol. The molecular formula is C23H33N3O6S. The molecule has 0 unspecified atom stereocenters. The van der Waals surface area contributed by atoms with E-state index in [9.17, 15) is 18.3 Å². The van der Waals surface area contributed by atoms with Crippen LogP contribution in [0.5, 0.6) is 17.4 Å². The Morgan fingerprint density at radius 1 is 1.12 bits per heavy atom. The molecule has 0 amide bonds. The van der Waals surface area contributed by atoms with Crippen LogP contribution < -0.4 is 15.0 Å². The van der Waals surface area contributed by atoms with E-state index in [4.69, 9.17) is 9.47 Å². The minimum Gasteiger partial charge on any atom is -0.494 e. The number of hydrogen-bond acceptors (Lipinski definition) is 8. The summed E-state index contributed by atoms with van der Waals surface area (Å²) in [6, 6.07) is 5.07. The number of sulfone groups is 1. The second kappa shape index (κ2) is 10.6. The normalized spacial score (nSPS) is 15.5. The van der Waals surface area contributed by atoms with E-state index in [1.54, 1.807) is 18.2 Å². The number of aryl methyl sites for hydroxylation is 1. The number of ether oxygens (including phenoxy) is 2. The van der Waals surface area contributed by atoms with Gasteiger partial charge in [-0.2, -0.15) is 4.98 Å². The Kier molecular flexibility index (Phi) is 8.01. The SMILES string of the molecule is CCCCc1nc(=O)c(S(=O)(=O)C2CCN(CC)CC2)c(O)n1-c1c(OC)cccc1OC. The first-order valence-electron chi connectivity index (χ1n) is 11.3. The van der Waals surface area contributed by atoms with Gasteiger partial charge in [0, 0.05) is 6.42 Å². The summed E-state index contributed by atoms with van der Waals surface area (Å²) in [4.78, 5) is 18.6. The average Bonchev–Trinajstić information content (AvgIpc) is 2.82. The number of aromatic hydroxyl groups is 1. The summed E-state index contributed by atoms with van der Waals surface area (Å²) >= 11 is 0. The highest BCUT2D eigenvalue weighted by molar-refractivity contribution is 7.92. The van der Waals surface area contributed by atoms with Crippen LogP contribution in [0.1, 0.15) is 45.4 Å². The molecule has 0 aliphatic carbocycles. The van der Waals surface area contributed by atoms with Gasteiger partial charge in [0.05, 0.1) is 19.5 Å². The van der Waals surface area contributed by atoms with Gasteiger partial charge in [-0.25, -0.2) is 8.42 Å². The summed E-state index contributed by atoms with van der Waals surface area (Å²) in [5.41, 5.74) is -0.627. The summed E-state index contributed by atoms with van der Waals surface area (Å²) in [6.45, 7) is 6.11. The standard InChI is InChI=1S/C23H33N3O6S/c1-5-7-11-19-24-22(27)21(33(29,30)16-12-14-25(6-2)15-13-16)23(28)26(19)20-17(31-3)9-8-10-18(20)32-4/h8-10,16,28H,5-7,11-15H2,1-4H3. The Hall–Kier alpha value is -2.59. The largest absolute Gasteiger partial charge is 0.494 e. The van der Waals surface area contributed by atoms with Crippen LogP contribution in [0.4, 0.5) is 0 Å². The van der Waals surface area contributed by atoms with Gasteiger partial charge in [0.2, 0.25) is 5.88 Å². The predicted octanol–water partition coefficient (Wildman–Crippen LogP) is 2.56. The van der Waals surface area contributed by atoms with Crippen LogP contribution in [-0.2, 0) is 16.3 Å². The van der Waals surface area contributed by atoms with E-state index in [2.05, 4.69) is 9.88 Å². The van der Waals surface area contributed by atoms with Crippen molar-refractivity contribution < 1.29 is 23.0 Å². The lowest BCUT2D eigenvalue weighted by atomic mass is 10.1.